The Labute approximate surface area is 113 Å². The van der Waals surface area contributed by atoms with Crippen molar-refractivity contribution >= 4 is 22.5 Å². The molecular formula is C12H11ClN4O2. The highest BCUT2D eigenvalue weighted by Gasteiger charge is 2.19. The number of halogens is 1. The van der Waals surface area contributed by atoms with Crippen molar-refractivity contribution in [3.05, 3.63) is 51.5 Å². The molecule has 98 valence electrons. The average Bonchev–Trinajstić information content (AvgIpc) is 2.42. The van der Waals surface area contributed by atoms with Crippen molar-refractivity contribution in [1.29, 1.82) is 0 Å². The highest BCUT2D eigenvalue weighted by atomic mass is 35.5. The lowest BCUT2D eigenvalue weighted by molar-refractivity contribution is 0.0253. The number of rotatable bonds is 4. The summed E-state index contributed by atoms with van der Waals surface area (Å²) >= 11 is 5.87. The van der Waals surface area contributed by atoms with E-state index in [4.69, 9.17) is 17.1 Å². The second kappa shape index (κ2) is 5.86. The molecule has 0 bridgehead atoms. The first-order chi connectivity index (χ1) is 9.13. The van der Waals surface area contributed by atoms with Gasteiger partial charge in [0.15, 0.2) is 0 Å². The summed E-state index contributed by atoms with van der Waals surface area (Å²) in [4.78, 5) is 6.70. The molecule has 0 amide bonds. The minimum absolute atomic E-state index is 0.199. The standard InChI is InChI=1S/C12H11ClN4O2/c13-7-1-2-8-9(3-4-15-10(8)5-7)12(19)11(18)6-16-17-14/h1-5,11-12,18-19H,6H2. The quantitative estimate of drug-likeness (QED) is 0.510. The smallest absolute Gasteiger partial charge is 0.106 e. The van der Waals surface area contributed by atoms with Gasteiger partial charge in [0, 0.05) is 21.5 Å². The van der Waals surface area contributed by atoms with Crippen LogP contribution in [0.25, 0.3) is 21.3 Å². The van der Waals surface area contributed by atoms with E-state index in [1.165, 1.54) is 6.20 Å². The molecule has 0 aliphatic rings. The third-order valence-corrected chi connectivity index (χ3v) is 2.99. The number of aliphatic hydroxyl groups is 2. The van der Waals surface area contributed by atoms with Gasteiger partial charge in [-0.2, -0.15) is 0 Å². The van der Waals surface area contributed by atoms with Gasteiger partial charge in [0.2, 0.25) is 0 Å². The predicted molar refractivity (Wildman–Crippen MR) is 71.7 cm³/mol. The fourth-order valence-electron chi connectivity index (χ4n) is 1.83. The Morgan fingerprint density at radius 3 is 2.89 bits per heavy atom. The SMILES string of the molecule is [N-]=[N+]=NCC(O)C(O)c1ccnc2cc(Cl)ccc12. The van der Waals surface area contributed by atoms with E-state index in [-0.39, 0.29) is 6.54 Å². The molecule has 6 nitrogen and oxygen atoms in total. The van der Waals surface area contributed by atoms with Crippen molar-refractivity contribution in [2.75, 3.05) is 6.54 Å². The van der Waals surface area contributed by atoms with E-state index in [1.54, 1.807) is 24.3 Å². The second-order valence-electron chi connectivity index (χ2n) is 3.99. The number of aliphatic hydroxyl groups excluding tert-OH is 2. The summed E-state index contributed by atoms with van der Waals surface area (Å²) < 4.78 is 0. The van der Waals surface area contributed by atoms with Crippen LogP contribution in [0.4, 0.5) is 0 Å². The summed E-state index contributed by atoms with van der Waals surface area (Å²) in [7, 11) is 0. The predicted octanol–water partition coefficient (Wildman–Crippen LogP) is 2.59. The van der Waals surface area contributed by atoms with E-state index in [1.807, 2.05) is 0 Å². The Morgan fingerprint density at radius 2 is 2.16 bits per heavy atom. The molecule has 2 unspecified atom stereocenters. The largest absolute Gasteiger partial charge is 0.390 e. The third kappa shape index (κ3) is 2.94. The molecule has 0 spiro atoms. The lowest BCUT2D eigenvalue weighted by atomic mass is 10.0. The molecule has 0 saturated heterocycles. The van der Waals surface area contributed by atoms with Crippen LogP contribution in [0.2, 0.25) is 5.02 Å². The maximum Gasteiger partial charge on any atom is 0.106 e. The maximum atomic E-state index is 10.1. The van der Waals surface area contributed by atoms with Crippen LogP contribution in [0.1, 0.15) is 11.7 Å². The second-order valence-corrected chi connectivity index (χ2v) is 4.42. The molecule has 0 fully saturated rings. The van der Waals surface area contributed by atoms with Crippen LogP contribution in [0.5, 0.6) is 0 Å². The number of pyridine rings is 1. The molecule has 7 heteroatoms. The van der Waals surface area contributed by atoms with Crippen molar-refractivity contribution in [2.45, 2.75) is 12.2 Å². The fraction of sp³-hybridized carbons (Fsp3) is 0.250. The van der Waals surface area contributed by atoms with Crippen molar-refractivity contribution in [3.8, 4) is 0 Å². The lowest BCUT2D eigenvalue weighted by Crippen LogP contribution is -2.21. The van der Waals surface area contributed by atoms with Gasteiger partial charge in [0.25, 0.3) is 0 Å². The molecule has 0 saturated carbocycles. The van der Waals surface area contributed by atoms with Gasteiger partial charge in [-0.25, -0.2) is 0 Å². The molecule has 2 aromatic rings. The summed E-state index contributed by atoms with van der Waals surface area (Å²) in [5.74, 6) is 0. The molecule has 0 aliphatic heterocycles. The van der Waals surface area contributed by atoms with Gasteiger partial charge in [-0.05, 0) is 29.3 Å². The first-order valence-electron chi connectivity index (χ1n) is 5.54. The van der Waals surface area contributed by atoms with Crippen LogP contribution in [-0.2, 0) is 0 Å². The van der Waals surface area contributed by atoms with Crippen molar-refractivity contribution in [2.24, 2.45) is 5.11 Å². The first kappa shape index (κ1) is 13.6. The monoisotopic (exact) mass is 278 g/mol. The van der Waals surface area contributed by atoms with Crippen LogP contribution in [0, 0.1) is 0 Å². The fourth-order valence-corrected chi connectivity index (χ4v) is 1.99. The zero-order valence-electron chi connectivity index (χ0n) is 9.81. The molecule has 0 aliphatic carbocycles. The number of fused-ring (bicyclic) bond motifs is 1. The minimum Gasteiger partial charge on any atom is -0.390 e. The Bertz CT molecular complexity index is 643. The average molecular weight is 279 g/mol. The number of benzene rings is 1. The van der Waals surface area contributed by atoms with Gasteiger partial charge < -0.3 is 10.2 Å². The highest BCUT2D eigenvalue weighted by molar-refractivity contribution is 6.31. The van der Waals surface area contributed by atoms with Gasteiger partial charge in [-0.15, -0.1) is 0 Å². The summed E-state index contributed by atoms with van der Waals surface area (Å²) in [5.41, 5.74) is 9.35. The number of aromatic nitrogens is 1. The van der Waals surface area contributed by atoms with Gasteiger partial charge in [-0.3, -0.25) is 4.98 Å². The molecule has 0 radical (unpaired) electrons. The summed E-state index contributed by atoms with van der Waals surface area (Å²) in [5, 5.41) is 24.3. The summed E-state index contributed by atoms with van der Waals surface area (Å²) in [6, 6.07) is 6.69. The van der Waals surface area contributed by atoms with Crippen LogP contribution >= 0.6 is 11.6 Å². The van der Waals surface area contributed by atoms with E-state index < -0.39 is 12.2 Å². The van der Waals surface area contributed by atoms with Gasteiger partial charge in [-0.1, -0.05) is 22.8 Å². The first-order valence-corrected chi connectivity index (χ1v) is 5.92. The molecule has 1 aromatic carbocycles. The topological polar surface area (TPSA) is 102 Å². The molecule has 19 heavy (non-hydrogen) atoms. The molecular weight excluding hydrogens is 268 g/mol. The molecule has 2 rings (SSSR count). The van der Waals surface area contributed by atoms with Crippen LogP contribution in [0.15, 0.2) is 35.6 Å². The Kier molecular flexibility index (Phi) is 4.19. The van der Waals surface area contributed by atoms with Gasteiger partial charge >= 0.3 is 0 Å². The minimum atomic E-state index is -1.17. The van der Waals surface area contributed by atoms with Crippen molar-refractivity contribution in [1.82, 2.24) is 4.98 Å². The number of nitrogens with zero attached hydrogens (tertiary/aromatic N) is 4. The van der Waals surface area contributed by atoms with E-state index in [9.17, 15) is 10.2 Å². The zero-order chi connectivity index (χ0) is 13.8. The number of hydrogen-bond acceptors (Lipinski definition) is 4. The molecule has 2 atom stereocenters. The van der Waals surface area contributed by atoms with Crippen molar-refractivity contribution < 1.29 is 10.2 Å². The van der Waals surface area contributed by atoms with E-state index >= 15 is 0 Å². The summed E-state index contributed by atoms with van der Waals surface area (Å²) in [6.45, 7) is -0.199. The zero-order valence-corrected chi connectivity index (χ0v) is 10.6. The van der Waals surface area contributed by atoms with Crippen LogP contribution < -0.4 is 0 Å². The van der Waals surface area contributed by atoms with Gasteiger partial charge in [0.1, 0.15) is 6.10 Å². The number of azide groups is 1. The Hall–Kier alpha value is -1.85. The normalized spacial score (nSPS) is 13.8. The molecule has 1 aromatic heterocycles. The van der Waals surface area contributed by atoms with Crippen LogP contribution in [0.3, 0.4) is 0 Å². The maximum absolute atomic E-state index is 10.1. The Morgan fingerprint density at radius 1 is 1.37 bits per heavy atom. The van der Waals surface area contributed by atoms with Crippen LogP contribution in [-0.4, -0.2) is 27.8 Å². The van der Waals surface area contributed by atoms with E-state index in [0.717, 1.165) is 0 Å². The number of hydrogen-bond donors (Lipinski definition) is 2. The van der Waals surface area contributed by atoms with E-state index in [0.29, 0.717) is 21.5 Å². The lowest BCUT2D eigenvalue weighted by Gasteiger charge is -2.17. The molecule has 1 heterocycles. The molecule has 2 N–H and O–H groups in total. The van der Waals surface area contributed by atoms with Gasteiger partial charge in [0.05, 0.1) is 18.2 Å². The van der Waals surface area contributed by atoms with E-state index in [2.05, 4.69) is 15.0 Å². The Balaban J connectivity index is 2.41. The van der Waals surface area contributed by atoms with Crippen molar-refractivity contribution in [3.63, 3.8) is 0 Å². The third-order valence-electron chi connectivity index (χ3n) is 2.75. The highest BCUT2D eigenvalue weighted by Crippen LogP contribution is 2.27. The summed E-state index contributed by atoms with van der Waals surface area (Å²) in [6.07, 6.45) is -0.799.